The predicted octanol–water partition coefficient (Wildman–Crippen LogP) is 4.40. The molecule has 5 nitrogen and oxygen atoms in total. The molecule has 0 unspecified atom stereocenters. The predicted molar refractivity (Wildman–Crippen MR) is 103 cm³/mol. The highest BCUT2D eigenvalue weighted by Gasteiger charge is 2.24. The van der Waals surface area contributed by atoms with Crippen molar-refractivity contribution in [3.63, 3.8) is 0 Å². The fourth-order valence-corrected chi connectivity index (χ4v) is 3.45. The fourth-order valence-electron chi connectivity index (χ4n) is 3.45. The Kier molecular flexibility index (Phi) is 4.60. The van der Waals surface area contributed by atoms with Crippen LogP contribution in [0.3, 0.4) is 0 Å². The average Bonchev–Trinajstić information content (AvgIpc) is 3.16. The lowest BCUT2D eigenvalue weighted by molar-refractivity contribution is 0.0738. The first kappa shape index (κ1) is 19.7. The molecule has 9 heteroatoms. The molecule has 0 radical (unpaired) electrons. The van der Waals surface area contributed by atoms with Gasteiger partial charge in [-0.05, 0) is 48.2 Å². The summed E-state index contributed by atoms with van der Waals surface area (Å²) >= 11 is 0. The number of fused-ring (bicyclic) bond motifs is 2. The zero-order valence-electron chi connectivity index (χ0n) is 15.8. The van der Waals surface area contributed by atoms with Gasteiger partial charge >= 0.3 is 0 Å². The first-order valence-corrected chi connectivity index (χ1v) is 8.93. The van der Waals surface area contributed by atoms with Crippen LogP contribution in [0, 0.1) is 23.3 Å². The molecule has 0 saturated carbocycles. The Bertz CT molecular complexity index is 1380. The molecule has 2 heterocycles. The number of hydrogen-bond acceptors (Lipinski definition) is 2. The minimum Gasteiger partial charge on any atom is -0.350 e. The molecule has 4 aromatic rings. The molecular weight excluding hydrogens is 402 g/mol. The van der Waals surface area contributed by atoms with Crippen LogP contribution in [0.2, 0.25) is 0 Å². The summed E-state index contributed by atoms with van der Waals surface area (Å²) in [6.45, 7) is 1.63. The van der Waals surface area contributed by atoms with Crippen molar-refractivity contribution in [3.05, 3.63) is 81.4 Å². The summed E-state index contributed by atoms with van der Waals surface area (Å²) in [6, 6.07) is 4.52. The molecule has 0 aliphatic heterocycles. The Balaban J connectivity index is 1.75. The first-order valence-electron chi connectivity index (χ1n) is 8.93. The van der Waals surface area contributed by atoms with E-state index in [4.69, 9.17) is 0 Å². The Morgan fingerprint density at radius 2 is 1.63 bits per heavy atom. The van der Waals surface area contributed by atoms with Gasteiger partial charge in [-0.1, -0.05) is 0 Å². The van der Waals surface area contributed by atoms with Gasteiger partial charge < -0.3 is 14.9 Å². The number of hydrogen-bond donors (Lipinski definition) is 2. The van der Waals surface area contributed by atoms with Crippen LogP contribution >= 0.6 is 0 Å². The SMILES string of the molecule is C[C@@H](c1c[nH]c(=O)c2cc(F)c(F)cc12)N(C)C(=O)c1cc2c(F)c(F)ccc2[nH]1. The van der Waals surface area contributed by atoms with Crippen molar-refractivity contribution in [1.29, 1.82) is 0 Å². The van der Waals surface area contributed by atoms with E-state index < -0.39 is 40.8 Å². The molecule has 0 saturated heterocycles. The Labute approximate surface area is 166 Å². The maximum atomic E-state index is 14.0. The molecule has 1 amide bonds. The summed E-state index contributed by atoms with van der Waals surface area (Å²) in [5, 5.41) is 0.0447. The number of aromatic nitrogens is 2. The lowest BCUT2D eigenvalue weighted by atomic mass is 10.0. The molecule has 4 rings (SSSR count). The smallest absolute Gasteiger partial charge is 0.270 e. The summed E-state index contributed by atoms with van der Waals surface area (Å²) in [7, 11) is 1.46. The zero-order chi connectivity index (χ0) is 21.7. The van der Waals surface area contributed by atoms with Gasteiger partial charge in [0.25, 0.3) is 11.5 Å². The monoisotopic (exact) mass is 417 g/mol. The van der Waals surface area contributed by atoms with Crippen molar-refractivity contribution in [2.24, 2.45) is 0 Å². The van der Waals surface area contributed by atoms with Gasteiger partial charge in [-0.15, -0.1) is 0 Å². The maximum Gasteiger partial charge on any atom is 0.270 e. The summed E-state index contributed by atoms with van der Waals surface area (Å²) in [4.78, 5) is 31.4. The van der Waals surface area contributed by atoms with E-state index in [1.165, 1.54) is 30.3 Å². The second-order valence-electron chi connectivity index (χ2n) is 6.98. The zero-order valence-corrected chi connectivity index (χ0v) is 15.8. The van der Waals surface area contributed by atoms with Crippen molar-refractivity contribution >= 4 is 27.6 Å². The molecule has 154 valence electrons. The van der Waals surface area contributed by atoms with Crippen LogP contribution in [0.1, 0.15) is 29.0 Å². The van der Waals surface area contributed by atoms with Gasteiger partial charge in [0, 0.05) is 24.1 Å². The number of carbonyl (C=O) groups excluding carboxylic acids is 1. The van der Waals surface area contributed by atoms with Crippen molar-refractivity contribution in [1.82, 2.24) is 14.9 Å². The molecule has 0 aliphatic rings. The summed E-state index contributed by atoms with van der Waals surface area (Å²) in [5.74, 6) is -4.92. The molecule has 0 aliphatic carbocycles. The maximum absolute atomic E-state index is 14.0. The van der Waals surface area contributed by atoms with Gasteiger partial charge in [0.2, 0.25) is 0 Å². The molecular formula is C21H15F4N3O2. The Morgan fingerprint density at radius 1 is 0.967 bits per heavy atom. The first-order chi connectivity index (χ1) is 14.2. The van der Waals surface area contributed by atoms with Crippen LogP contribution in [0.25, 0.3) is 21.7 Å². The quantitative estimate of drug-likeness (QED) is 0.485. The van der Waals surface area contributed by atoms with E-state index in [9.17, 15) is 27.2 Å². The van der Waals surface area contributed by atoms with Gasteiger partial charge in [-0.2, -0.15) is 0 Å². The number of benzene rings is 2. The Morgan fingerprint density at radius 3 is 2.33 bits per heavy atom. The number of aromatic amines is 2. The molecule has 30 heavy (non-hydrogen) atoms. The Hall–Kier alpha value is -3.62. The van der Waals surface area contributed by atoms with Gasteiger partial charge in [0.05, 0.1) is 11.4 Å². The van der Waals surface area contributed by atoms with Crippen LogP contribution in [0.5, 0.6) is 0 Å². The van der Waals surface area contributed by atoms with Gasteiger partial charge in [-0.25, -0.2) is 17.6 Å². The van der Waals surface area contributed by atoms with Crippen LogP contribution in [0.4, 0.5) is 17.6 Å². The van der Waals surface area contributed by atoms with Crippen molar-refractivity contribution < 1.29 is 22.4 Å². The molecule has 2 N–H and O–H groups in total. The van der Waals surface area contributed by atoms with E-state index in [2.05, 4.69) is 9.97 Å². The van der Waals surface area contributed by atoms with E-state index in [0.717, 1.165) is 18.2 Å². The second-order valence-corrected chi connectivity index (χ2v) is 6.98. The topological polar surface area (TPSA) is 69.0 Å². The summed E-state index contributed by atoms with van der Waals surface area (Å²) in [6.07, 6.45) is 1.33. The van der Waals surface area contributed by atoms with Crippen molar-refractivity contribution in [2.75, 3.05) is 7.05 Å². The third kappa shape index (κ3) is 3.02. The largest absolute Gasteiger partial charge is 0.350 e. The number of halogens is 4. The number of carbonyl (C=O) groups is 1. The highest BCUT2D eigenvalue weighted by atomic mass is 19.2. The number of nitrogens with one attached hydrogen (secondary N) is 2. The van der Waals surface area contributed by atoms with E-state index >= 15 is 0 Å². The summed E-state index contributed by atoms with van der Waals surface area (Å²) in [5.41, 5.74) is 0.0646. The van der Waals surface area contributed by atoms with Crippen molar-refractivity contribution in [3.8, 4) is 0 Å². The average molecular weight is 417 g/mol. The molecule has 2 aromatic heterocycles. The molecule has 1 atom stereocenters. The van der Waals surface area contributed by atoms with Gasteiger partial charge in [0.1, 0.15) is 5.69 Å². The van der Waals surface area contributed by atoms with Crippen LogP contribution in [-0.2, 0) is 0 Å². The highest BCUT2D eigenvalue weighted by molar-refractivity contribution is 5.98. The van der Waals surface area contributed by atoms with E-state index in [1.54, 1.807) is 6.92 Å². The number of rotatable bonds is 3. The lowest BCUT2D eigenvalue weighted by Crippen LogP contribution is -2.30. The molecule has 2 aromatic carbocycles. The van der Waals surface area contributed by atoms with Gasteiger partial charge in [-0.3, -0.25) is 9.59 Å². The number of H-pyrrole nitrogens is 2. The van der Waals surface area contributed by atoms with Crippen molar-refractivity contribution in [2.45, 2.75) is 13.0 Å². The lowest BCUT2D eigenvalue weighted by Gasteiger charge is -2.25. The van der Waals surface area contributed by atoms with E-state index in [1.807, 2.05) is 0 Å². The van der Waals surface area contributed by atoms with E-state index in [-0.39, 0.29) is 27.4 Å². The third-order valence-electron chi connectivity index (χ3n) is 5.25. The van der Waals surface area contributed by atoms with Gasteiger partial charge in [0.15, 0.2) is 23.3 Å². The van der Waals surface area contributed by atoms with Crippen LogP contribution in [-0.4, -0.2) is 27.8 Å². The normalized spacial score (nSPS) is 12.5. The number of amides is 1. The molecule has 0 bridgehead atoms. The molecule has 0 spiro atoms. The summed E-state index contributed by atoms with van der Waals surface area (Å²) < 4.78 is 54.8. The third-order valence-corrected chi connectivity index (χ3v) is 5.25. The minimum atomic E-state index is -1.16. The highest BCUT2D eigenvalue weighted by Crippen LogP contribution is 2.29. The van der Waals surface area contributed by atoms with Crippen LogP contribution < -0.4 is 5.56 Å². The number of pyridine rings is 1. The van der Waals surface area contributed by atoms with Crippen LogP contribution in [0.15, 0.2) is 41.3 Å². The van der Waals surface area contributed by atoms with E-state index in [0.29, 0.717) is 5.56 Å². The fraction of sp³-hybridized carbons (Fsp3) is 0.143. The standard InChI is InChI=1S/C21H15F4N3O2/c1-9(13-8-26-20(29)11-6-16(24)15(23)5-10(11)13)28(2)21(30)18-7-12-17(27-18)4-3-14(22)19(12)25/h3-9,27H,1-2H3,(H,26,29)/t9-/m0/s1. The number of nitrogens with zero attached hydrogens (tertiary/aromatic N) is 1. The molecule has 0 fully saturated rings. The minimum absolute atomic E-state index is 0.0230. The second kappa shape index (κ2) is 7.01.